The van der Waals surface area contributed by atoms with E-state index < -0.39 is 0 Å². The molecule has 0 spiro atoms. The number of piperazine rings is 1. The monoisotopic (exact) mass is 386 g/mol. The third-order valence-electron chi connectivity index (χ3n) is 5.30. The lowest BCUT2D eigenvalue weighted by atomic mass is 10.0. The van der Waals surface area contributed by atoms with Crippen LogP contribution in [0.25, 0.3) is 0 Å². The van der Waals surface area contributed by atoms with Crippen LogP contribution in [0.4, 0.5) is 14.9 Å². The summed E-state index contributed by atoms with van der Waals surface area (Å²) in [6.45, 7) is 2.50. The van der Waals surface area contributed by atoms with Crippen LogP contribution < -0.4 is 11.1 Å². The van der Waals surface area contributed by atoms with Crippen molar-refractivity contribution < 1.29 is 14.0 Å². The fraction of sp³-hybridized carbons (Fsp3) is 0.421. The number of aromatic nitrogens is 2. The van der Waals surface area contributed by atoms with E-state index in [0.717, 1.165) is 18.7 Å². The first-order chi connectivity index (χ1) is 13.5. The predicted octanol–water partition coefficient (Wildman–Crippen LogP) is 1.29. The van der Waals surface area contributed by atoms with E-state index in [-0.39, 0.29) is 23.8 Å². The fourth-order valence-corrected chi connectivity index (χ4v) is 3.65. The van der Waals surface area contributed by atoms with Crippen LogP contribution in [0.5, 0.6) is 0 Å². The van der Waals surface area contributed by atoms with Gasteiger partial charge in [-0.1, -0.05) is 0 Å². The Morgan fingerprint density at radius 3 is 2.46 bits per heavy atom. The minimum Gasteiger partial charge on any atom is -0.335 e. The van der Waals surface area contributed by atoms with Gasteiger partial charge in [0.05, 0.1) is 17.5 Å². The molecule has 9 heteroatoms. The van der Waals surface area contributed by atoms with E-state index >= 15 is 0 Å². The summed E-state index contributed by atoms with van der Waals surface area (Å²) >= 11 is 0. The maximum atomic E-state index is 13.0. The Bertz CT molecular complexity index is 873. The smallest absolute Gasteiger partial charge is 0.321 e. The summed E-state index contributed by atoms with van der Waals surface area (Å²) in [5.74, 6) is -0.414. The van der Waals surface area contributed by atoms with Gasteiger partial charge in [-0.2, -0.15) is 5.10 Å². The molecule has 1 aromatic carbocycles. The van der Waals surface area contributed by atoms with Gasteiger partial charge in [0, 0.05) is 50.9 Å². The minimum atomic E-state index is -0.353. The van der Waals surface area contributed by atoms with Crippen molar-refractivity contribution >= 4 is 17.6 Å². The topological polar surface area (TPSA) is 96.5 Å². The molecular formula is C19H23FN6O2. The quantitative estimate of drug-likeness (QED) is 0.813. The van der Waals surface area contributed by atoms with Crippen LogP contribution in [0, 0.1) is 5.82 Å². The Morgan fingerprint density at radius 2 is 1.75 bits per heavy atom. The van der Waals surface area contributed by atoms with Crippen molar-refractivity contribution in [3.05, 3.63) is 47.5 Å². The number of carbonyl (C=O) groups excluding carboxylic acids is 2. The molecule has 2 aliphatic rings. The molecule has 0 aliphatic carbocycles. The SMILES string of the molecule is NC1CCn2ncc(C(=O)N3CCN(C(=O)Nc4ccc(F)cc4)CC3)c2C1. The van der Waals surface area contributed by atoms with Gasteiger partial charge in [0.2, 0.25) is 0 Å². The van der Waals surface area contributed by atoms with Crippen LogP contribution in [-0.4, -0.2) is 63.7 Å². The summed E-state index contributed by atoms with van der Waals surface area (Å²) in [4.78, 5) is 28.7. The first-order valence-corrected chi connectivity index (χ1v) is 9.42. The zero-order valence-electron chi connectivity index (χ0n) is 15.5. The Hall–Kier alpha value is -2.94. The number of halogens is 1. The molecule has 1 aromatic heterocycles. The second-order valence-electron chi connectivity index (χ2n) is 7.20. The van der Waals surface area contributed by atoms with Crippen molar-refractivity contribution in [2.75, 3.05) is 31.5 Å². The number of fused-ring (bicyclic) bond motifs is 1. The highest BCUT2D eigenvalue weighted by Crippen LogP contribution is 2.20. The zero-order valence-corrected chi connectivity index (χ0v) is 15.5. The summed E-state index contributed by atoms with van der Waals surface area (Å²) in [6.07, 6.45) is 3.15. The minimum absolute atomic E-state index is 0.0581. The van der Waals surface area contributed by atoms with Gasteiger partial charge in [-0.25, -0.2) is 9.18 Å². The second-order valence-corrected chi connectivity index (χ2v) is 7.20. The molecule has 2 aromatic rings. The van der Waals surface area contributed by atoms with E-state index in [9.17, 15) is 14.0 Å². The van der Waals surface area contributed by atoms with Gasteiger partial charge < -0.3 is 20.9 Å². The summed E-state index contributed by atoms with van der Waals surface area (Å²) in [6, 6.07) is 5.42. The molecule has 148 valence electrons. The van der Waals surface area contributed by atoms with Crippen molar-refractivity contribution in [3.63, 3.8) is 0 Å². The van der Waals surface area contributed by atoms with Gasteiger partial charge in [0.15, 0.2) is 0 Å². The summed E-state index contributed by atoms with van der Waals surface area (Å²) in [5, 5.41) is 7.06. The number of nitrogens with two attached hydrogens (primary N) is 1. The lowest BCUT2D eigenvalue weighted by Crippen LogP contribution is -2.51. The maximum absolute atomic E-state index is 13.0. The highest BCUT2D eigenvalue weighted by Gasteiger charge is 2.29. The van der Waals surface area contributed by atoms with Gasteiger partial charge in [-0.05, 0) is 30.7 Å². The molecule has 28 heavy (non-hydrogen) atoms. The van der Waals surface area contributed by atoms with E-state index in [4.69, 9.17) is 5.73 Å². The number of rotatable bonds is 2. The number of benzene rings is 1. The summed E-state index contributed by atoms with van der Waals surface area (Å²) < 4.78 is 14.8. The van der Waals surface area contributed by atoms with Gasteiger partial charge in [-0.3, -0.25) is 9.48 Å². The van der Waals surface area contributed by atoms with E-state index in [1.165, 1.54) is 24.3 Å². The van der Waals surface area contributed by atoms with Gasteiger partial charge in [0.1, 0.15) is 5.82 Å². The number of aryl methyl sites for hydroxylation is 1. The van der Waals surface area contributed by atoms with Crippen molar-refractivity contribution in [3.8, 4) is 0 Å². The Kier molecular flexibility index (Phi) is 4.99. The molecular weight excluding hydrogens is 363 g/mol. The average molecular weight is 386 g/mol. The molecule has 1 atom stereocenters. The molecule has 0 bridgehead atoms. The molecule has 0 saturated carbocycles. The Balaban J connectivity index is 1.35. The lowest BCUT2D eigenvalue weighted by molar-refractivity contribution is 0.0670. The molecule has 1 saturated heterocycles. The fourth-order valence-electron chi connectivity index (χ4n) is 3.65. The van der Waals surface area contributed by atoms with Crippen molar-refractivity contribution in [1.82, 2.24) is 19.6 Å². The molecule has 3 amide bonds. The molecule has 3 heterocycles. The zero-order chi connectivity index (χ0) is 19.7. The molecule has 0 radical (unpaired) electrons. The highest BCUT2D eigenvalue weighted by atomic mass is 19.1. The van der Waals surface area contributed by atoms with Crippen molar-refractivity contribution in [2.24, 2.45) is 5.73 Å². The number of amides is 3. The van der Waals surface area contributed by atoms with Crippen LogP contribution in [-0.2, 0) is 13.0 Å². The summed E-state index contributed by atoms with van der Waals surface area (Å²) in [5.41, 5.74) is 8.09. The van der Waals surface area contributed by atoms with Crippen molar-refractivity contribution in [1.29, 1.82) is 0 Å². The van der Waals surface area contributed by atoms with Gasteiger partial charge in [-0.15, -0.1) is 0 Å². The van der Waals surface area contributed by atoms with Gasteiger partial charge >= 0.3 is 6.03 Å². The standard InChI is InChI=1S/C19H23FN6O2/c20-13-1-3-15(4-2-13)23-19(28)25-9-7-24(8-10-25)18(27)16-12-22-26-6-5-14(21)11-17(16)26/h1-4,12,14H,5-11,21H2,(H,23,28). The average Bonchev–Trinajstić information content (AvgIpc) is 3.12. The predicted molar refractivity (Wildman–Crippen MR) is 101 cm³/mol. The number of nitrogens with one attached hydrogen (secondary N) is 1. The maximum Gasteiger partial charge on any atom is 0.321 e. The lowest BCUT2D eigenvalue weighted by Gasteiger charge is -2.35. The van der Waals surface area contributed by atoms with Gasteiger partial charge in [0.25, 0.3) is 5.91 Å². The van der Waals surface area contributed by atoms with Crippen LogP contribution in [0.2, 0.25) is 0 Å². The van der Waals surface area contributed by atoms with Crippen LogP contribution in [0.1, 0.15) is 22.5 Å². The van der Waals surface area contributed by atoms with E-state index in [0.29, 0.717) is 43.9 Å². The Labute approximate surface area is 162 Å². The number of carbonyl (C=O) groups is 2. The second kappa shape index (κ2) is 7.59. The molecule has 4 rings (SSSR count). The summed E-state index contributed by atoms with van der Waals surface area (Å²) in [7, 11) is 0. The van der Waals surface area contributed by atoms with Crippen LogP contribution in [0.15, 0.2) is 30.5 Å². The normalized spacial score (nSPS) is 19.3. The van der Waals surface area contributed by atoms with Crippen molar-refractivity contribution in [2.45, 2.75) is 25.4 Å². The first kappa shape index (κ1) is 18.4. The van der Waals surface area contributed by atoms with E-state index in [2.05, 4.69) is 10.4 Å². The highest BCUT2D eigenvalue weighted by molar-refractivity contribution is 5.95. The Morgan fingerprint density at radius 1 is 1.07 bits per heavy atom. The molecule has 8 nitrogen and oxygen atoms in total. The number of hydrogen-bond donors (Lipinski definition) is 2. The third kappa shape index (κ3) is 3.70. The number of urea groups is 1. The third-order valence-corrected chi connectivity index (χ3v) is 5.30. The van der Waals surface area contributed by atoms with E-state index in [1.54, 1.807) is 16.0 Å². The number of hydrogen-bond acceptors (Lipinski definition) is 4. The van der Waals surface area contributed by atoms with Crippen LogP contribution >= 0.6 is 0 Å². The molecule has 1 fully saturated rings. The molecule has 2 aliphatic heterocycles. The van der Waals surface area contributed by atoms with Crippen LogP contribution in [0.3, 0.4) is 0 Å². The molecule has 1 unspecified atom stereocenters. The first-order valence-electron chi connectivity index (χ1n) is 9.42. The number of anilines is 1. The molecule has 3 N–H and O–H groups in total. The number of nitrogens with zero attached hydrogens (tertiary/aromatic N) is 4. The largest absolute Gasteiger partial charge is 0.335 e. The van der Waals surface area contributed by atoms with E-state index in [1.807, 2.05) is 4.68 Å².